The molecule has 0 bridgehead atoms. The Bertz CT molecular complexity index is 462. The maximum Gasteiger partial charge on any atom is 0.191 e. The third-order valence-electron chi connectivity index (χ3n) is 6.55. The zero-order chi connectivity index (χ0) is 19.6. The molecule has 0 aromatic rings. The number of morpholine rings is 1. The Kier molecular flexibility index (Phi) is 12.1. The summed E-state index contributed by atoms with van der Waals surface area (Å²) in [4.78, 5) is 9.61. The van der Waals surface area contributed by atoms with Gasteiger partial charge in [-0.1, -0.05) is 6.92 Å². The fraction of sp³-hybridized carbons (Fsp3) is 0.952. The van der Waals surface area contributed by atoms with Crippen LogP contribution in [0.25, 0.3) is 0 Å². The fourth-order valence-electron chi connectivity index (χ4n) is 4.58. The molecular weight excluding hydrogens is 481 g/mol. The van der Waals surface area contributed by atoms with E-state index in [0.717, 1.165) is 70.9 Å². The molecule has 3 aliphatic rings. The number of nitrogens with one attached hydrogen (secondary N) is 2. The summed E-state index contributed by atoms with van der Waals surface area (Å²) in [7, 11) is 1.86. The van der Waals surface area contributed by atoms with E-state index in [2.05, 4.69) is 32.3 Å². The zero-order valence-corrected chi connectivity index (χ0v) is 20.7. The van der Waals surface area contributed by atoms with Crippen LogP contribution in [0.4, 0.5) is 0 Å². The molecule has 3 saturated heterocycles. The normalized spacial score (nSPS) is 26.1. The number of likely N-dealkylation sites (tertiary alicyclic amines) is 1. The summed E-state index contributed by atoms with van der Waals surface area (Å²) in [6.45, 7) is 13.5. The summed E-state index contributed by atoms with van der Waals surface area (Å²) < 4.78 is 11.2. The average molecular weight is 524 g/mol. The lowest BCUT2D eigenvalue weighted by atomic mass is 9.97. The number of piperidine rings is 1. The first-order chi connectivity index (χ1) is 13.8. The lowest BCUT2D eigenvalue weighted by molar-refractivity contribution is 0.00246. The fourth-order valence-corrected chi connectivity index (χ4v) is 4.58. The molecule has 0 aromatic carbocycles. The van der Waals surface area contributed by atoms with Crippen LogP contribution in [0.1, 0.15) is 32.6 Å². The van der Waals surface area contributed by atoms with E-state index in [1.807, 2.05) is 7.05 Å². The monoisotopic (exact) mass is 523 g/mol. The Morgan fingerprint density at radius 3 is 2.45 bits per heavy atom. The van der Waals surface area contributed by atoms with E-state index in [1.165, 1.54) is 38.9 Å². The number of rotatable bonds is 8. The van der Waals surface area contributed by atoms with Crippen LogP contribution in [0.5, 0.6) is 0 Å². The molecule has 7 nitrogen and oxygen atoms in total. The van der Waals surface area contributed by atoms with E-state index in [0.29, 0.717) is 12.0 Å². The van der Waals surface area contributed by atoms with Crippen molar-refractivity contribution in [3.8, 4) is 0 Å². The van der Waals surface area contributed by atoms with Gasteiger partial charge in [0.15, 0.2) is 5.96 Å². The minimum Gasteiger partial charge on any atom is -0.381 e. The van der Waals surface area contributed by atoms with Crippen molar-refractivity contribution in [2.75, 3.05) is 79.3 Å². The number of ether oxygens (including phenoxy) is 2. The SMILES string of the molecule is CN=C(NCCCN1CCC(C)CC1)NCC(C1CCOC1)N1CCOCC1.I. The number of aliphatic imine (C=N–C) groups is 1. The predicted molar refractivity (Wildman–Crippen MR) is 129 cm³/mol. The van der Waals surface area contributed by atoms with E-state index in [1.54, 1.807) is 0 Å². The minimum absolute atomic E-state index is 0. The van der Waals surface area contributed by atoms with E-state index in [9.17, 15) is 0 Å². The number of nitrogens with zero attached hydrogens (tertiary/aromatic N) is 3. The van der Waals surface area contributed by atoms with Gasteiger partial charge in [-0.15, -0.1) is 24.0 Å². The molecule has 0 spiro atoms. The molecular formula is C21H42IN5O2. The highest BCUT2D eigenvalue weighted by Gasteiger charge is 2.31. The molecule has 3 aliphatic heterocycles. The van der Waals surface area contributed by atoms with Gasteiger partial charge in [-0.3, -0.25) is 9.89 Å². The lowest BCUT2D eigenvalue weighted by Crippen LogP contribution is -2.53. The minimum atomic E-state index is 0. The first kappa shape index (κ1) is 25.1. The van der Waals surface area contributed by atoms with Crippen LogP contribution in [0.2, 0.25) is 0 Å². The van der Waals surface area contributed by atoms with Gasteiger partial charge in [-0.05, 0) is 51.2 Å². The summed E-state index contributed by atoms with van der Waals surface area (Å²) in [6, 6.07) is 0.486. The van der Waals surface area contributed by atoms with Crippen LogP contribution in [-0.2, 0) is 9.47 Å². The second-order valence-corrected chi connectivity index (χ2v) is 8.60. The first-order valence-electron chi connectivity index (χ1n) is 11.3. The molecule has 2 atom stereocenters. The Morgan fingerprint density at radius 2 is 1.79 bits per heavy atom. The smallest absolute Gasteiger partial charge is 0.191 e. The van der Waals surface area contributed by atoms with Crippen molar-refractivity contribution >= 4 is 29.9 Å². The Balaban J connectivity index is 0.00000300. The zero-order valence-electron chi connectivity index (χ0n) is 18.4. The van der Waals surface area contributed by atoms with Gasteiger partial charge in [-0.2, -0.15) is 0 Å². The van der Waals surface area contributed by atoms with Crippen molar-refractivity contribution in [1.82, 2.24) is 20.4 Å². The van der Waals surface area contributed by atoms with Crippen molar-refractivity contribution < 1.29 is 9.47 Å². The molecule has 0 aliphatic carbocycles. The highest BCUT2D eigenvalue weighted by molar-refractivity contribution is 14.0. The third-order valence-corrected chi connectivity index (χ3v) is 6.55. The number of halogens is 1. The molecule has 0 saturated carbocycles. The Labute approximate surface area is 194 Å². The van der Waals surface area contributed by atoms with Gasteiger partial charge < -0.3 is 25.0 Å². The number of hydrogen-bond acceptors (Lipinski definition) is 5. The first-order valence-corrected chi connectivity index (χ1v) is 11.3. The molecule has 0 aromatic heterocycles. The summed E-state index contributed by atoms with van der Waals surface area (Å²) in [6.07, 6.45) is 5.03. The van der Waals surface area contributed by atoms with E-state index in [-0.39, 0.29) is 24.0 Å². The lowest BCUT2D eigenvalue weighted by Gasteiger charge is -2.37. The van der Waals surface area contributed by atoms with Crippen LogP contribution in [0, 0.1) is 11.8 Å². The van der Waals surface area contributed by atoms with E-state index in [4.69, 9.17) is 9.47 Å². The van der Waals surface area contributed by atoms with Crippen molar-refractivity contribution in [1.29, 1.82) is 0 Å². The molecule has 2 N–H and O–H groups in total. The van der Waals surface area contributed by atoms with Crippen molar-refractivity contribution in [2.45, 2.75) is 38.6 Å². The molecule has 3 heterocycles. The average Bonchev–Trinajstić information content (AvgIpc) is 3.26. The summed E-state index contributed by atoms with van der Waals surface area (Å²) >= 11 is 0. The molecule has 3 fully saturated rings. The van der Waals surface area contributed by atoms with Gasteiger partial charge in [0.05, 0.1) is 19.8 Å². The highest BCUT2D eigenvalue weighted by atomic mass is 127. The summed E-state index contributed by atoms with van der Waals surface area (Å²) in [5, 5.41) is 7.08. The highest BCUT2D eigenvalue weighted by Crippen LogP contribution is 2.21. The summed E-state index contributed by atoms with van der Waals surface area (Å²) in [5.41, 5.74) is 0. The molecule has 0 radical (unpaired) electrons. The Morgan fingerprint density at radius 1 is 1.03 bits per heavy atom. The number of hydrogen-bond donors (Lipinski definition) is 2. The van der Waals surface area contributed by atoms with Crippen LogP contribution in [0.3, 0.4) is 0 Å². The second-order valence-electron chi connectivity index (χ2n) is 8.60. The van der Waals surface area contributed by atoms with Gasteiger partial charge in [0.2, 0.25) is 0 Å². The van der Waals surface area contributed by atoms with Gasteiger partial charge in [0.1, 0.15) is 0 Å². The van der Waals surface area contributed by atoms with Gasteiger partial charge in [0, 0.05) is 51.8 Å². The molecule has 2 unspecified atom stereocenters. The molecule has 29 heavy (non-hydrogen) atoms. The molecule has 3 rings (SSSR count). The standard InChI is InChI=1S/C21H41N5O2.HI/c1-18-4-9-25(10-5-18)8-3-7-23-21(22-2)24-16-20(19-6-13-28-17-19)26-11-14-27-15-12-26;/h18-20H,3-17H2,1-2H3,(H2,22,23,24);1H. The van der Waals surface area contributed by atoms with Crippen LogP contribution in [-0.4, -0.2) is 101 Å². The topological polar surface area (TPSA) is 61.4 Å². The summed E-state index contributed by atoms with van der Waals surface area (Å²) in [5.74, 6) is 2.43. The van der Waals surface area contributed by atoms with Gasteiger partial charge >= 0.3 is 0 Å². The van der Waals surface area contributed by atoms with E-state index >= 15 is 0 Å². The van der Waals surface area contributed by atoms with E-state index < -0.39 is 0 Å². The van der Waals surface area contributed by atoms with Gasteiger partial charge in [0.25, 0.3) is 0 Å². The van der Waals surface area contributed by atoms with Crippen LogP contribution in [0.15, 0.2) is 4.99 Å². The predicted octanol–water partition coefficient (Wildman–Crippen LogP) is 1.63. The van der Waals surface area contributed by atoms with Crippen LogP contribution < -0.4 is 10.6 Å². The van der Waals surface area contributed by atoms with Crippen molar-refractivity contribution in [3.05, 3.63) is 0 Å². The number of guanidine groups is 1. The Hall–Kier alpha value is -0.160. The molecule has 170 valence electrons. The second kappa shape index (κ2) is 14.0. The maximum atomic E-state index is 5.67. The molecule has 0 amide bonds. The van der Waals surface area contributed by atoms with Crippen molar-refractivity contribution in [3.63, 3.8) is 0 Å². The maximum absolute atomic E-state index is 5.67. The quantitative estimate of drug-likeness (QED) is 0.218. The largest absolute Gasteiger partial charge is 0.381 e. The third kappa shape index (κ3) is 8.47. The molecule has 8 heteroatoms. The van der Waals surface area contributed by atoms with Crippen LogP contribution >= 0.6 is 24.0 Å². The van der Waals surface area contributed by atoms with Crippen molar-refractivity contribution in [2.24, 2.45) is 16.8 Å². The van der Waals surface area contributed by atoms with Gasteiger partial charge in [-0.25, -0.2) is 0 Å².